The summed E-state index contributed by atoms with van der Waals surface area (Å²) in [4.78, 5) is 27.5. The lowest BCUT2D eigenvalue weighted by atomic mass is 9.98. The molecule has 1 aliphatic heterocycles. The van der Waals surface area contributed by atoms with Crippen molar-refractivity contribution in [2.75, 3.05) is 20.7 Å². The number of methoxy groups -OCH3 is 1. The first-order valence-corrected chi connectivity index (χ1v) is 10.9. The maximum Gasteiger partial charge on any atom is 0.262 e. The van der Waals surface area contributed by atoms with Crippen LogP contribution in [0.2, 0.25) is 0 Å². The van der Waals surface area contributed by atoms with Gasteiger partial charge in [-0.3, -0.25) is 9.59 Å². The van der Waals surface area contributed by atoms with E-state index in [4.69, 9.17) is 9.84 Å². The van der Waals surface area contributed by atoms with Crippen LogP contribution in [0.4, 0.5) is 0 Å². The maximum absolute atomic E-state index is 13.3. The lowest BCUT2D eigenvalue weighted by molar-refractivity contribution is -0.142. The molecule has 0 radical (unpaired) electrons. The van der Waals surface area contributed by atoms with E-state index in [0.29, 0.717) is 6.42 Å². The molecule has 1 unspecified atom stereocenters. The Morgan fingerprint density at radius 1 is 1.10 bits per heavy atom. The van der Waals surface area contributed by atoms with Crippen LogP contribution in [0.5, 0.6) is 5.75 Å². The van der Waals surface area contributed by atoms with E-state index in [1.54, 1.807) is 24.1 Å². The zero-order chi connectivity index (χ0) is 21.8. The van der Waals surface area contributed by atoms with Gasteiger partial charge in [0.1, 0.15) is 12.3 Å². The van der Waals surface area contributed by atoms with Crippen LogP contribution >= 0.6 is 0 Å². The summed E-state index contributed by atoms with van der Waals surface area (Å²) in [6.45, 7) is 0.0353. The van der Waals surface area contributed by atoms with Gasteiger partial charge < -0.3 is 9.64 Å². The van der Waals surface area contributed by atoms with Crippen LogP contribution in [0.1, 0.15) is 49.3 Å². The minimum absolute atomic E-state index is 0.0353. The number of hydrogen-bond acceptors (Lipinski definition) is 4. The van der Waals surface area contributed by atoms with Crippen molar-refractivity contribution in [2.24, 2.45) is 11.0 Å². The normalized spacial score (nSPS) is 18.7. The first kappa shape index (κ1) is 21.1. The third-order valence-corrected chi connectivity index (χ3v) is 6.21. The van der Waals surface area contributed by atoms with Gasteiger partial charge in [-0.15, -0.1) is 0 Å². The molecular formula is C25H29N3O3. The maximum atomic E-state index is 13.3. The lowest BCUT2D eigenvalue weighted by Gasteiger charge is -2.26. The largest absolute Gasteiger partial charge is 0.497 e. The minimum Gasteiger partial charge on any atom is -0.497 e. The monoisotopic (exact) mass is 419 g/mol. The van der Waals surface area contributed by atoms with E-state index >= 15 is 0 Å². The number of carbonyl (C=O) groups excluding carboxylic acids is 2. The van der Waals surface area contributed by atoms with Crippen molar-refractivity contribution in [3.8, 4) is 5.75 Å². The molecule has 4 rings (SSSR count). The van der Waals surface area contributed by atoms with Gasteiger partial charge >= 0.3 is 0 Å². The van der Waals surface area contributed by atoms with Gasteiger partial charge in [0.25, 0.3) is 5.91 Å². The standard InChI is InChI=1S/C25H29N3O3/c1-27(25(30)19-11-6-7-12-19)17-24(29)28-23(18-9-4-3-5-10-18)16-22(26-28)20-13-8-14-21(15-20)31-2/h3-5,8-10,13-15,19,23H,6-7,11-12,16-17H2,1-2H3. The van der Waals surface area contributed by atoms with Gasteiger partial charge in [0.2, 0.25) is 5.91 Å². The second-order valence-corrected chi connectivity index (χ2v) is 8.32. The molecule has 2 amide bonds. The number of benzene rings is 2. The van der Waals surface area contributed by atoms with Gasteiger partial charge in [-0.1, -0.05) is 55.3 Å². The molecule has 1 saturated carbocycles. The molecule has 2 aromatic rings. The van der Waals surface area contributed by atoms with E-state index in [1.807, 2.05) is 54.6 Å². The molecule has 1 atom stereocenters. The summed E-state index contributed by atoms with van der Waals surface area (Å²) in [5.41, 5.74) is 2.80. The molecule has 1 aliphatic carbocycles. The van der Waals surface area contributed by atoms with Crippen LogP contribution in [0.3, 0.4) is 0 Å². The fourth-order valence-electron chi connectivity index (χ4n) is 4.49. The predicted molar refractivity (Wildman–Crippen MR) is 120 cm³/mol. The number of hydrazone groups is 1. The van der Waals surface area contributed by atoms with Crippen molar-refractivity contribution < 1.29 is 14.3 Å². The van der Waals surface area contributed by atoms with Gasteiger partial charge in [0.15, 0.2) is 0 Å². The van der Waals surface area contributed by atoms with Crippen LogP contribution in [0, 0.1) is 5.92 Å². The van der Waals surface area contributed by atoms with E-state index in [9.17, 15) is 9.59 Å². The third kappa shape index (κ3) is 4.63. The molecule has 0 bridgehead atoms. The summed E-state index contributed by atoms with van der Waals surface area (Å²) in [5, 5.41) is 6.27. The smallest absolute Gasteiger partial charge is 0.262 e. The van der Waals surface area contributed by atoms with E-state index in [1.165, 1.54) is 0 Å². The van der Waals surface area contributed by atoms with Gasteiger partial charge in [-0.2, -0.15) is 5.10 Å². The molecular weight excluding hydrogens is 390 g/mol. The molecule has 2 aliphatic rings. The molecule has 162 valence electrons. The second-order valence-electron chi connectivity index (χ2n) is 8.32. The fraction of sp³-hybridized carbons (Fsp3) is 0.400. The number of likely N-dealkylation sites (N-methyl/N-ethyl adjacent to an activating group) is 1. The molecule has 0 N–H and O–H groups in total. The van der Waals surface area contributed by atoms with Gasteiger partial charge in [0.05, 0.1) is 18.9 Å². The zero-order valence-electron chi connectivity index (χ0n) is 18.2. The number of hydrogen-bond donors (Lipinski definition) is 0. The van der Waals surface area contributed by atoms with E-state index in [0.717, 1.165) is 48.3 Å². The number of ether oxygens (including phenoxy) is 1. The highest BCUT2D eigenvalue weighted by molar-refractivity contribution is 6.03. The predicted octanol–water partition coefficient (Wildman–Crippen LogP) is 4.02. The van der Waals surface area contributed by atoms with Crippen molar-refractivity contribution in [3.63, 3.8) is 0 Å². The topological polar surface area (TPSA) is 62.2 Å². The Labute approximate surface area is 183 Å². The molecule has 0 saturated heterocycles. The fourth-order valence-corrected chi connectivity index (χ4v) is 4.49. The van der Waals surface area contributed by atoms with Crippen molar-refractivity contribution in [1.82, 2.24) is 9.91 Å². The zero-order valence-corrected chi connectivity index (χ0v) is 18.2. The lowest BCUT2D eigenvalue weighted by Crippen LogP contribution is -2.41. The Morgan fingerprint density at radius 3 is 2.55 bits per heavy atom. The Morgan fingerprint density at radius 2 is 1.84 bits per heavy atom. The van der Waals surface area contributed by atoms with E-state index < -0.39 is 0 Å². The van der Waals surface area contributed by atoms with Gasteiger partial charge in [-0.05, 0) is 30.5 Å². The van der Waals surface area contributed by atoms with Crippen molar-refractivity contribution in [2.45, 2.75) is 38.1 Å². The second kappa shape index (κ2) is 9.33. The van der Waals surface area contributed by atoms with Crippen molar-refractivity contribution in [1.29, 1.82) is 0 Å². The van der Waals surface area contributed by atoms with E-state index in [2.05, 4.69) is 0 Å². The number of rotatable bonds is 6. The molecule has 6 nitrogen and oxygen atoms in total. The average molecular weight is 420 g/mol. The Kier molecular flexibility index (Phi) is 6.35. The van der Waals surface area contributed by atoms with Crippen LogP contribution in [0.15, 0.2) is 59.7 Å². The summed E-state index contributed by atoms with van der Waals surface area (Å²) >= 11 is 0. The summed E-state index contributed by atoms with van der Waals surface area (Å²) in [5.74, 6) is 0.708. The van der Waals surface area contributed by atoms with E-state index in [-0.39, 0.29) is 30.3 Å². The molecule has 2 aromatic carbocycles. The molecule has 0 spiro atoms. The average Bonchev–Trinajstić information content (AvgIpc) is 3.49. The first-order chi connectivity index (χ1) is 15.1. The molecule has 1 heterocycles. The van der Waals surface area contributed by atoms with Crippen LogP contribution < -0.4 is 4.74 Å². The molecule has 1 fully saturated rings. The van der Waals surface area contributed by atoms with Gasteiger partial charge in [0, 0.05) is 24.9 Å². The number of carbonyl (C=O) groups is 2. The Balaban J connectivity index is 1.56. The van der Waals surface area contributed by atoms with Gasteiger partial charge in [-0.25, -0.2) is 5.01 Å². The summed E-state index contributed by atoms with van der Waals surface area (Å²) in [6.07, 6.45) is 4.64. The van der Waals surface area contributed by atoms with Crippen molar-refractivity contribution >= 4 is 17.5 Å². The molecule has 0 aromatic heterocycles. The van der Waals surface area contributed by atoms with Crippen LogP contribution in [0.25, 0.3) is 0 Å². The van der Waals surface area contributed by atoms with Crippen LogP contribution in [-0.4, -0.2) is 48.1 Å². The molecule has 6 heteroatoms. The Bertz CT molecular complexity index is 967. The number of amides is 2. The SMILES string of the molecule is COc1cccc(C2=NN(C(=O)CN(C)C(=O)C3CCCC3)C(c3ccccc3)C2)c1. The highest BCUT2D eigenvalue weighted by atomic mass is 16.5. The summed E-state index contributed by atoms with van der Waals surface area (Å²) in [6, 6.07) is 17.5. The summed E-state index contributed by atoms with van der Waals surface area (Å²) in [7, 11) is 3.36. The highest BCUT2D eigenvalue weighted by Crippen LogP contribution is 2.33. The first-order valence-electron chi connectivity index (χ1n) is 10.9. The summed E-state index contributed by atoms with van der Waals surface area (Å²) < 4.78 is 5.35. The molecule has 31 heavy (non-hydrogen) atoms. The number of nitrogens with zero attached hydrogens (tertiary/aromatic N) is 3. The third-order valence-electron chi connectivity index (χ3n) is 6.21. The van der Waals surface area contributed by atoms with Crippen LogP contribution in [-0.2, 0) is 9.59 Å². The van der Waals surface area contributed by atoms with Crippen molar-refractivity contribution in [3.05, 3.63) is 65.7 Å². The quantitative estimate of drug-likeness (QED) is 0.710. The highest BCUT2D eigenvalue weighted by Gasteiger charge is 2.35. The Hall–Kier alpha value is -3.15. The minimum atomic E-state index is -0.190.